The van der Waals surface area contributed by atoms with Crippen LogP contribution in [0.1, 0.15) is 52.7 Å². The zero-order valence-corrected chi connectivity index (χ0v) is 23.6. The third-order valence-corrected chi connectivity index (χ3v) is 5.64. The average molecular weight is 537 g/mol. The highest BCUT2D eigenvalue weighted by molar-refractivity contribution is 6.32. The SMILES string of the molecule is COc1cc(C/C=C(/Cl)Cc2cc(OC(=O)C(C)(C)C)cc(OC(=O)C(C)(C)C)c2)c(OC)cc1Cl. The lowest BCUT2D eigenvalue weighted by molar-refractivity contribution is -0.143. The summed E-state index contributed by atoms with van der Waals surface area (Å²) in [6, 6.07) is 8.44. The van der Waals surface area contributed by atoms with Crippen LogP contribution in [0.2, 0.25) is 5.02 Å². The smallest absolute Gasteiger partial charge is 0.316 e. The Labute approximate surface area is 223 Å². The van der Waals surface area contributed by atoms with Crippen LogP contribution in [0.4, 0.5) is 0 Å². The van der Waals surface area contributed by atoms with Crippen LogP contribution in [0.25, 0.3) is 0 Å². The van der Waals surface area contributed by atoms with Crippen LogP contribution in [0.5, 0.6) is 23.0 Å². The maximum atomic E-state index is 12.5. The summed E-state index contributed by atoms with van der Waals surface area (Å²) in [7, 11) is 3.11. The van der Waals surface area contributed by atoms with Gasteiger partial charge >= 0.3 is 11.9 Å². The minimum atomic E-state index is -0.700. The number of rotatable bonds is 8. The monoisotopic (exact) mass is 536 g/mol. The van der Waals surface area contributed by atoms with Crippen molar-refractivity contribution in [1.29, 1.82) is 0 Å². The Morgan fingerprint density at radius 2 is 1.31 bits per heavy atom. The van der Waals surface area contributed by atoms with Crippen molar-refractivity contribution in [3.05, 3.63) is 57.6 Å². The summed E-state index contributed by atoms with van der Waals surface area (Å²) in [6.07, 6.45) is 2.65. The molecular weight excluding hydrogens is 503 g/mol. The van der Waals surface area contributed by atoms with Crippen LogP contribution in [-0.2, 0) is 22.4 Å². The van der Waals surface area contributed by atoms with Gasteiger partial charge in [-0.15, -0.1) is 0 Å². The maximum Gasteiger partial charge on any atom is 0.316 e. The van der Waals surface area contributed by atoms with E-state index in [1.807, 2.05) is 6.08 Å². The Bertz CT molecular complexity index is 1090. The predicted octanol–water partition coefficient (Wildman–Crippen LogP) is 7.17. The van der Waals surface area contributed by atoms with E-state index < -0.39 is 22.8 Å². The van der Waals surface area contributed by atoms with Crippen LogP contribution in [0.3, 0.4) is 0 Å². The van der Waals surface area contributed by atoms with Crippen LogP contribution in [0, 0.1) is 10.8 Å². The van der Waals surface area contributed by atoms with Gasteiger partial charge in [0.2, 0.25) is 0 Å². The fourth-order valence-electron chi connectivity index (χ4n) is 2.94. The van der Waals surface area contributed by atoms with Gasteiger partial charge in [-0.1, -0.05) is 29.3 Å². The van der Waals surface area contributed by atoms with E-state index in [-0.39, 0.29) is 11.5 Å². The maximum absolute atomic E-state index is 12.5. The van der Waals surface area contributed by atoms with E-state index in [1.54, 1.807) is 80.0 Å². The van der Waals surface area contributed by atoms with Gasteiger partial charge < -0.3 is 18.9 Å². The Kier molecular flexibility index (Phi) is 9.86. The fourth-order valence-corrected chi connectivity index (χ4v) is 3.40. The summed E-state index contributed by atoms with van der Waals surface area (Å²) in [6.45, 7) is 10.6. The van der Waals surface area contributed by atoms with E-state index in [0.717, 1.165) is 5.56 Å². The Morgan fingerprint density at radius 1 is 0.806 bits per heavy atom. The number of carbonyl (C=O) groups excluding carboxylic acids is 2. The van der Waals surface area contributed by atoms with Crippen molar-refractivity contribution in [1.82, 2.24) is 0 Å². The lowest BCUT2D eigenvalue weighted by Crippen LogP contribution is -2.26. The third-order valence-electron chi connectivity index (χ3n) is 5.06. The van der Waals surface area contributed by atoms with Crippen molar-refractivity contribution in [2.24, 2.45) is 10.8 Å². The molecule has 196 valence electrons. The summed E-state index contributed by atoms with van der Waals surface area (Å²) in [5.41, 5.74) is 0.167. The summed E-state index contributed by atoms with van der Waals surface area (Å²) in [5.74, 6) is 0.899. The lowest BCUT2D eigenvalue weighted by atomic mass is 9.97. The Morgan fingerprint density at radius 3 is 1.75 bits per heavy atom. The van der Waals surface area contributed by atoms with Gasteiger partial charge in [0.25, 0.3) is 0 Å². The van der Waals surface area contributed by atoms with E-state index in [9.17, 15) is 9.59 Å². The van der Waals surface area contributed by atoms with Crippen molar-refractivity contribution in [3.8, 4) is 23.0 Å². The van der Waals surface area contributed by atoms with Gasteiger partial charge in [0.1, 0.15) is 23.0 Å². The van der Waals surface area contributed by atoms with Gasteiger partial charge in [0, 0.05) is 29.1 Å². The van der Waals surface area contributed by atoms with Gasteiger partial charge in [-0.25, -0.2) is 0 Å². The standard InChI is InChI=1S/C28H34Cl2O6/c1-27(2,3)25(31)35-20-12-17(13-21(15-20)36-26(32)28(4,5)6)11-19(29)10-9-18-14-24(34-8)22(30)16-23(18)33-7/h10,12-16H,9,11H2,1-8H3/b19-10+. The summed E-state index contributed by atoms with van der Waals surface area (Å²) in [5, 5.41) is 0.991. The van der Waals surface area contributed by atoms with E-state index in [4.69, 9.17) is 42.1 Å². The van der Waals surface area contributed by atoms with Gasteiger partial charge in [-0.3, -0.25) is 9.59 Å². The quantitative estimate of drug-likeness (QED) is 0.263. The van der Waals surface area contributed by atoms with Crippen LogP contribution < -0.4 is 18.9 Å². The second-order valence-electron chi connectivity index (χ2n) is 10.4. The second kappa shape index (κ2) is 12.0. The van der Waals surface area contributed by atoms with E-state index in [1.165, 1.54) is 6.07 Å². The Balaban J connectivity index is 2.33. The molecule has 0 spiro atoms. The number of carbonyl (C=O) groups is 2. The molecule has 0 amide bonds. The number of hydrogen-bond donors (Lipinski definition) is 0. The van der Waals surface area contributed by atoms with E-state index in [0.29, 0.717) is 40.0 Å². The molecule has 0 fully saturated rings. The fraction of sp³-hybridized carbons (Fsp3) is 0.429. The molecule has 0 saturated carbocycles. The summed E-state index contributed by atoms with van der Waals surface area (Å²) < 4.78 is 21.9. The van der Waals surface area contributed by atoms with Crippen molar-refractivity contribution in [3.63, 3.8) is 0 Å². The molecular formula is C28H34Cl2O6. The van der Waals surface area contributed by atoms with Crippen molar-refractivity contribution in [2.45, 2.75) is 54.4 Å². The molecule has 36 heavy (non-hydrogen) atoms. The second-order valence-corrected chi connectivity index (χ2v) is 11.3. The number of ether oxygens (including phenoxy) is 4. The molecule has 0 atom stereocenters. The first kappa shape index (κ1) is 29.5. The average Bonchev–Trinajstić information content (AvgIpc) is 2.76. The van der Waals surface area contributed by atoms with Gasteiger partial charge in [0.05, 0.1) is 30.1 Å². The molecule has 2 rings (SSSR count). The topological polar surface area (TPSA) is 71.1 Å². The first-order valence-electron chi connectivity index (χ1n) is 11.5. The number of hydrogen-bond acceptors (Lipinski definition) is 6. The highest BCUT2D eigenvalue weighted by Gasteiger charge is 2.26. The van der Waals surface area contributed by atoms with Gasteiger partial charge in [-0.2, -0.15) is 0 Å². The molecule has 0 unspecified atom stereocenters. The number of esters is 2. The minimum Gasteiger partial charge on any atom is -0.496 e. The molecule has 0 N–H and O–H groups in total. The van der Waals surface area contributed by atoms with Crippen LogP contribution in [-0.4, -0.2) is 26.2 Å². The molecule has 2 aromatic carbocycles. The molecule has 6 nitrogen and oxygen atoms in total. The molecule has 0 aliphatic carbocycles. The molecule has 0 aliphatic rings. The van der Waals surface area contributed by atoms with Crippen molar-refractivity contribution < 1.29 is 28.5 Å². The number of halogens is 2. The zero-order chi connectivity index (χ0) is 27.3. The molecule has 8 heteroatoms. The van der Waals surface area contributed by atoms with E-state index in [2.05, 4.69) is 0 Å². The van der Waals surface area contributed by atoms with Gasteiger partial charge in [0.15, 0.2) is 0 Å². The number of allylic oxidation sites excluding steroid dienone is 2. The highest BCUT2D eigenvalue weighted by Crippen LogP contribution is 2.34. The molecule has 0 aliphatic heterocycles. The largest absolute Gasteiger partial charge is 0.496 e. The van der Waals surface area contributed by atoms with E-state index >= 15 is 0 Å². The lowest BCUT2D eigenvalue weighted by Gasteiger charge is -2.19. The first-order valence-corrected chi connectivity index (χ1v) is 12.2. The third kappa shape index (κ3) is 8.45. The van der Waals surface area contributed by atoms with Crippen molar-refractivity contribution in [2.75, 3.05) is 14.2 Å². The molecule has 0 bridgehead atoms. The summed E-state index contributed by atoms with van der Waals surface area (Å²) in [4.78, 5) is 24.9. The molecule has 2 aromatic rings. The molecule has 0 saturated heterocycles. The normalized spacial score (nSPS) is 12.2. The van der Waals surface area contributed by atoms with Crippen molar-refractivity contribution >= 4 is 35.1 Å². The van der Waals surface area contributed by atoms with Crippen LogP contribution in [0.15, 0.2) is 41.4 Å². The number of benzene rings is 2. The summed E-state index contributed by atoms with van der Waals surface area (Å²) >= 11 is 12.8. The predicted molar refractivity (Wildman–Crippen MR) is 143 cm³/mol. The van der Waals surface area contributed by atoms with Gasteiger partial charge in [-0.05, 0) is 71.7 Å². The number of methoxy groups -OCH3 is 2. The van der Waals surface area contributed by atoms with Crippen LogP contribution >= 0.6 is 23.2 Å². The highest BCUT2D eigenvalue weighted by atomic mass is 35.5. The molecule has 0 heterocycles. The first-order chi connectivity index (χ1) is 16.6. The zero-order valence-electron chi connectivity index (χ0n) is 22.1. The Hall–Kier alpha value is -2.70. The molecule has 0 radical (unpaired) electrons. The molecule has 0 aromatic heterocycles. The minimum absolute atomic E-state index is 0.276.